The SMILES string of the molecule is CCOc1ccc2c(O[C@@H]3C[C@H]4C(=O)N[C@]5(C(=O)NS(=O)(=O)C6(CF)CC6)C[C@H]5/C=C\CC[C@H](C)C[C@@H](C)CC(=O)N4C3)nccc2c1. The van der Waals surface area contributed by atoms with Crippen LogP contribution >= 0.6 is 0 Å². The normalized spacial score (nSPS) is 31.0. The molecule has 2 aliphatic carbocycles. The Labute approximate surface area is 281 Å². The molecule has 13 heteroatoms. The van der Waals surface area contributed by atoms with Gasteiger partial charge in [0, 0.05) is 30.3 Å². The number of carbonyl (C=O) groups excluding carboxylic acids is 3. The lowest BCUT2D eigenvalue weighted by Crippen LogP contribution is -2.57. The van der Waals surface area contributed by atoms with Crippen molar-refractivity contribution in [1.29, 1.82) is 0 Å². The average Bonchev–Trinajstić information content (AvgIpc) is 3.94. The second-order valence-electron chi connectivity index (χ2n) is 14.1. The maximum Gasteiger partial charge on any atom is 0.259 e. The highest BCUT2D eigenvalue weighted by atomic mass is 32.2. The van der Waals surface area contributed by atoms with E-state index >= 15 is 0 Å². The number of carbonyl (C=O) groups is 3. The number of hydrogen-bond donors (Lipinski definition) is 2. The molecule has 1 saturated heterocycles. The molecule has 0 unspecified atom stereocenters. The molecule has 6 rings (SSSR count). The lowest BCUT2D eigenvalue weighted by molar-refractivity contribution is -0.140. The first-order valence-corrected chi connectivity index (χ1v) is 18.5. The minimum Gasteiger partial charge on any atom is -0.494 e. The van der Waals surface area contributed by atoms with Crippen LogP contribution in [0.5, 0.6) is 11.6 Å². The molecular weight excluding hydrogens is 639 g/mol. The molecule has 2 saturated carbocycles. The molecule has 2 aromatic rings. The number of pyridine rings is 1. The van der Waals surface area contributed by atoms with Crippen molar-refractivity contribution in [3.8, 4) is 11.6 Å². The van der Waals surface area contributed by atoms with Gasteiger partial charge in [0.25, 0.3) is 5.91 Å². The Kier molecular flexibility index (Phi) is 9.45. The van der Waals surface area contributed by atoms with Crippen molar-refractivity contribution >= 4 is 38.5 Å². The summed E-state index contributed by atoms with van der Waals surface area (Å²) in [5.41, 5.74) is -1.53. The number of allylic oxidation sites excluding steroid dienone is 1. The van der Waals surface area contributed by atoms with Gasteiger partial charge in [-0.2, -0.15) is 0 Å². The number of amides is 3. The fourth-order valence-corrected chi connectivity index (χ4v) is 8.63. The molecular formula is C35H45FN4O7S. The van der Waals surface area contributed by atoms with Gasteiger partial charge >= 0.3 is 0 Å². The number of aromatic nitrogens is 1. The summed E-state index contributed by atoms with van der Waals surface area (Å²) in [6.45, 7) is 5.68. The van der Waals surface area contributed by atoms with Crippen molar-refractivity contribution in [3.63, 3.8) is 0 Å². The summed E-state index contributed by atoms with van der Waals surface area (Å²) < 4.78 is 52.2. The number of hydrogen-bond acceptors (Lipinski definition) is 8. The van der Waals surface area contributed by atoms with Gasteiger partial charge in [-0.05, 0) is 86.9 Å². The average molecular weight is 685 g/mol. The van der Waals surface area contributed by atoms with Gasteiger partial charge in [0.2, 0.25) is 27.7 Å². The van der Waals surface area contributed by atoms with E-state index in [0.29, 0.717) is 18.4 Å². The minimum atomic E-state index is -4.30. The predicted octanol–water partition coefficient (Wildman–Crippen LogP) is 4.21. The maximum absolute atomic E-state index is 14.1. The standard InChI is InChI=1S/C35H45FN4O7S/c1-4-46-26-9-10-28-24(17-26)11-14-37-32(28)47-27-18-29-31(42)38-35(33(43)39-48(44,45)34(21-36)12-13-34)19-25(35)8-6-5-7-22(2)15-23(3)16-30(41)40(29)20-27/h6,8-11,14,17,22-23,25,27,29H,4-5,7,12-13,15-16,18-21H2,1-3H3,(H,38,42)(H,39,43)/b8-6-/t22-,23+,25+,27+,29-,35+/m0/s1. The summed E-state index contributed by atoms with van der Waals surface area (Å²) in [7, 11) is -4.30. The van der Waals surface area contributed by atoms with Crippen molar-refractivity contribution in [2.24, 2.45) is 17.8 Å². The van der Waals surface area contributed by atoms with Crippen molar-refractivity contribution in [2.45, 2.75) is 94.6 Å². The lowest BCUT2D eigenvalue weighted by Gasteiger charge is -2.28. The third-order valence-corrected chi connectivity index (χ3v) is 12.4. The quantitative estimate of drug-likeness (QED) is 0.394. The number of nitrogens with one attached hydrogen (secondary N) is 2. The van der Waals surface area contributed by atoms with Crippen molar-refractivity contribution in [3.05, 3.63) is 42.6 Å². The Morgan fingerprint density at radius 2 is 1.96 bits per heavy atom. The first-order chi connectivity index (χ1) is 22.9. The number of halogens is 1. The van der Waals surface area contributed by atoms with Gasteiger partial charge in [0.05, 0.1) is 13.2 Å². The Balaban J connectivity index is 1.27. The van der Waals surface area contributed by atoms with Crippen LogP contribution in [0.4, 0.5) is 4.39 Å². The molecule has 1 aromatic heterocycles. The number of rotatable bonds is 8. The van der Waals surface area contributed by atoms with Gasteiger partial charge in [0.1, 0.15) is 34.9 Å². The molecule has 2 aliphatic heterocycles. The van der Waals surface area contributed by atoms with Gasteiger partial charge in [-0.3, -0.25) is 19.1 Å². The van der Waals surface area contributed by atoms with Crippen molar-refractivity contribution in [1.82, 2.24) is 19.9 Å². The van der Waals surface area contributed by atoms with Crippen molar-refractivity contribution in [2.75, 3.05) is 19.8 Å². The zero-order valence-corrected chi connectivity index (χ0v) is 28.6. The van der Waals surface area contributed by atoms with Crippen LogP contribution in [-0.4, -0.2) is 78.3 Å². The van der Waals surface area contributed by atoms with E-state index in [4.69, 9.17) is 9.47 Å². The van der Waals surface area contributed by atoms with E-state index in [1.54, 1.807) is 6.20 Å². The summed E-state index contributed by atoms with van der Waals surface area (Å²) in [5.74, 6) is -0.556. The van der Waals surface area contributed by atoms with Gasteiger partial charge in [-0.1, -0.05) is 26.0 Å². The fraction of sp³-hybridized carbons (Fsp3) is 0.600. The van der Waals surface area contributed by atoms with Crippen LogP contribution in [0.15, 0.2) is 42.6 Å². The second kappa shape index (κ2) is 13.3. The maximum atomic E-state index is 14.1. The van der Waals surface area contributed by atoms with Gasteiger partial charge < -0.3 is 19.7 Å². The van der Waals surface area contributed by atoms with E-state index < -0.39 is 56.9 Å². The number of ether oxygens (including phenoxy) is 2. The van der Waals surface area contributed by atoms with Gasteiger partial charge in [-0.15, -0.1) is 0 Å². The highest BCUT2D eigenvalue weighted by Gasteiger charge is 2.64. The molecule has 6 atom stereocenters. The van der Waals surface area contributed by atoms with E-state index in [2.05, 4.69) is 21.9 Å². The molecule has 260 valence electrons. The van der Waals surface area contributed by atoms with Gasteiger partial charge in [0.15, 0.2) is 0 Å². The van der Waals surface area contributed by atoms with Gasteiger partial charge in [-0.25, -0.2) is 17.8 Å². The summed E-state index contributed by atoms with van der Waals surface area (Å²) in [4.78, 5) is 47.5. The van der Waals surface area contributed by atoms with Crippen LogP contribution in [0.3, 0.4) is 0 Å². The van der Waals surface area contributed by atoms with Crippen LogP contribution in [0.1, 0.15) is 72.1 Å². The number of nitrogens with zero attached hydrogens (tertiary/aromatic N) is 2. The van der Waals surface area contributed by atoms with Crippen molar-refractivity contribution < 1.29 is 36.7 Å². The van der Waals surface area contributed by atoms with E-state index in [9.17, 15) is 27.2 Å². The molecule has 48 heavy (non-hydrogen) atoms. The van der Waals surface area contributed by atoms with Crippen LogP contribution < -0.4 is 19.5 Å². The largest absolute Gasteiger partial charge is 0.494 e. The van der Waals surface area contributed by atoms with Crippen LogP contribution in [-0.2, 0) is 24.4 Å². The molecule has 1 aromatic carbocycles. The Bertz CT molecular complexity index is 1710. The number of benzene rings is 1. The summed E-state index contributed by atoms with van der Waals surface area (Å²) in [5, 5.41) is 4.48. The molecule has 4 aliphatic rings. The molecule has 3 heterocycles. The van der Waals surface area contributed by atoms with E-state index in [-0.39, 0.29) is 50.5 Å². The molecule has 0 spiro atoms. The summed E-state index contributed by atoms with van der Waals surface area (Å²) >= 11 is 0. The number of fused-ring (bicyclic) bond motifs is 3. The third kappa shape index (κ3) is 6.75. The number of sulfonamides is 1. The molecule has 3 fully saturated rings. The summed E-state index contributed by atoms with van der Waals surface area (Å²) in [6.07, 6.45) is 8.22. The first-order valence-electron chi connectivity index (χ1n) is 17.0. The highest BCUT2D eigenvalue weighted by Crippen LogP contribution is 2.48. The number of alkyl halides is 1. The smallest absolute Gasteiger partial charge is 0.259 e. The molecule has 2 N–H and O–H groups in total. The Morgan fingerprint density at radius 3 is 2.69 bits per heavy atom. The zero-order valence-electron chi connectivity index (χ0n) is 27.7. The second-order valence-corrected chi connectivity index (χ2v) is 16.2. The topological polar surface area (TPSA) is 144 Å². The molecule has 0 radical (unpaired) electrons. The monoisotopic (exact) mass is 684 g/mol. The molecule has 0 bridgehead atoms. The fourth-order valence-electron chi connectivity index (χ4n) is 7.21. The van der Waals surface area contributed by atoms with E-state index in [1.165, 1.54) is 4.90 Å². The summed E-state index contributed by atoms with van der Waals surface area (Å²) in [6, 6.07) is 6.50. The Hall–Kier alpha value is -3.74. The minimum absolute atomic E-state index is 0.0885. The first kappa shape index (κ1) is 34.1. The van der Waals surface area contributed by atoms with E-state index in [1.807, 2.05) is 50.3 Å². The van der Waals surface area contributed by atoms with E-state index in [0.717, 1.165) is 35.8 Å². The Morgan fingerprint density at radius 1 is 1.17 bits per heavy atom. The van der Waals surface area contributed by atoms with Crippen LogP contribution in [0.25, 0.3) is 10.8 Å². The molecule has 3 amide bonds. The van der Waals surface area contributed by atoms with Crippen LogP contribution in [0, 0.1) is 17.8 Å². The molecule has 11 nitrogen and oxygen atoms in total. The highest BCUT2D eigenvalue weighted by molar-refractivity contribution is 7.91. The van der Waals surface area contributed by atoms with Crippen LogP contribution in [0.2, 0.25) is 0 Å². The zero-order chi connectivity index (χ0) is 34.3. The predicted molar refractivity (Wildman–Crippen MR) is 177 cm³/mol. The lowest BCUT2D eigenvalue weighted by atomic mass is 9.91. The third-order valence-electron chi connectivity index (χ3n) is 10.3.